The van der Waals surface area contributed by atoms with Crippen LogP contribution in [0.3, 0.4) is 0 Å². The SMILES string of the molecule is C#CCOC(=O)NC(CC=C)C(=O)OCCCCC. The number of hydrogen-bond donors (Lipinski definition) is 1. The quantitative estimate of drug-likeness (QED) is 0.300. The molecule has 0 aliphatic rings. The highest BCUT2D eigenvalue weighted by molar-refractivity contribution is 5.81. The lowest BCUT2D eigenvalue weighted by atomic mass is 10.2. The number of carbonyl (C=O) groups excluding carboxylic acids is 2. The van der Waals surface area contributed by atoms with Crippen LogP contribution >= 0.6 is 0 Å². The summed E-state index contributed by atoms with van der Waals surface area (Å²) in [6, 6.07) is -0.788. The predicted octanol–water partition coefficient (Wildman–Crippen LogP) is 2.02. The lowest BCUT2D eigenvalue weighted by molar-refractivity contribution is -0.146. The standard InChI is InChI=1S/C14H21NO4/c1-4-7-8-11-18-13(16)12(9-5-2)15-14(17)19-10-6-3/h3,5,12H,2,4,7-11H2,1H3,(H,15,17). The number of carbonyl (C=O) groups is 2. The Morgan fingerprint density at radius 1 is 1.42 bits per heavy atom. The Bertz CT molecular complexity index is 333. The van der Waals surface area contributed by atoms with Crippen LogP contribution in [0.4, 0.5) is 4.79 Å². The zero-order chi connectivity index (χ0) is 14.5. The van der Waals surface area contributed by atoms with Crippen LogP contribution < -0.4 is 5.32 Å². The van der Waals surface area contributed by atoms with E-state index in [0.29, 0.717) is 6.61 Å². The van der Waals surface area contributed by atoms with Gasteiger partial charge < -0.3 is 14.8 Å². The molecule has 0 aliphatic carbocycles. The molecule has 0 radical (unpaired) electrons. The van der Waals surface area contributed by atoms with Crippen LogP contribution in [0.15, 0.2) is 12.7 Å². The molecule has 1 unspecified atom stereocenters. The third-order valence-electron chi connectivity index (χ3n) is 2.26. The topological polar surface area (TPSA) is 64.6 Å². The predicted molar refractivity (Wildman–Crippen MR) is 72.4 cm³/mol. The van der Waals surface area contributed by atoms with Crippen molar-refractivity contribution < 1.29 is 19.1 Å². The van der Waals surface area contributed by atoms with E-state index in [0.717, 1.165) is 19.3 Å². The maximum absolute atomic E-state index is 11.7. The van der Waals surface area contributed by atoms with E-state index >= 15 is 0 Å². The summed E-state index contributed by atoms with van der Waals surface area (Å²) in [5.74, 6) is 1.67. The maximum atomic E-state index is 11.7. The molecule has 19 heavy (non-hydrogen) atoms. The number of nitrogens with one attached hydrogen (secondary N) is 1. The Labute approximate surface area is 114 Å². The van der Waals surface area contributed by atoms with Crippen molar-refractivity contribution in [3.8, 4) is 12.3 Å². The molecule has 106 valence electrons. The summed E-state index contributed by atoms with van der Waals surface area (Å²) in [5.41, 5.74) is 0. The van der Waals surface area contributed by atoms with Gasteiger partial charge in [0, 0.05) is 0 Å². The van der Waals surface area contributed by atoms with Gasteiger partial charge in [-0.15, -0.1) is 13.0 Å². The van der Waals surface area contributed by atoms with Gasteiger partial charge in [-0.05, 0) is 12.8 Å². The highest BCUT2D eigenvalue weighted by atomic mass is 16.6. The van der Waals surface area contributed by atoms with E-state index in [1.165, 1.54) is 6.08 Å². The van der Waals surface area contributed by atoms with Gasteiger partial charge in [-0.1, -0.05) is 31.8 Å². The van der Waals surface area contributed by atoms with Crippen molar-refractivity contribution in [3.05, 3.63) is 12.7 Å². The fourth-order valence-corrected chi connectivity index (χ4v) is 1.30. The molecule has 0 saturated heterocycles. The molecule has 0 heterocycles. The summed E-state index contributed by atoms with van der Waals surface area (Å²) in [4.78, 5) is 23.0. The second-order valence-electron chi connectivity index (χ2n) is 3.88. The van der Waals surface area contributed by atoms with E-state index in [1.807, 2.05) is 0 Å². The number of terminal acetylenes is 1. The first kappa shape index (κ1) is 17.0. The molecule has 0 saturated carbocycles. The van der Waals surface area contributed by atoms with Gasteiger partial charge >= 0.3 is 12.1 Å². The van der Waals surface area contributed by atoms with Crippen LogP contribution in [0.2, 0.25) is 0 Å². The lowest BCUT2D eigenvalue weighted by Crippen LogP contribution is -2.42. The third kappa shape index (κ3) is 8.72. The van der Waals surface area contributed by atoms with Gasteiger partial charge in [0.15, 0.2) is 6.61 Å². The molecule has 5 nitrogen and oxygen atoms in total. The third-order valence-corrected chi connectivity index (χ3v) is 2.26. The minimum Gasteiger partial charge on any atom is -0.464 e. The Morgan fingerprint density at radius 2 is 2.16 bits per heavy atom. The van der Waals surface area contributed by atoms with E-state index in [9.17, 15) is 9.59 Å². The van der Waals surface area contributed by atoms with Crippen molar-refractivity contribution in [2.45, 2.75) is 38.6 Å². The summed E-state index contributed by atoms with van der Waals surface area (Å²) in [6.45, 7) is 5.80. The molecule has 0 spiro atoms. The molecule has 0 fully saturated rings. The first-order chi connectivity index (χ1) is 9.15. The van der Waals surface area contributed by atoms with Crippen LogP contribution in [0.5, 0.6) is 0 Å². The van der Waals surface area contributed by atoms with E-state index in [2.05, 4.69) is 29.5 Å². The fraction of sp³-hybridized carbons (Fsp3) is 0.571. The molecule has 1 atom stereocenters. The molecule has 1 amide bonds. The molecule has 0 aromatic heterocycles. The second kappa shape index (κ2) is 11.1. The van der Waals surface area contributed by atoms with Crippen molar-refractivity contribution in [1.82, 2.24) is 5.32 Å². The fourth-order valence-electron chi connectivity index (χ4n) is 1.30. The van der Waals surface area contributed by atoms with Gasteiger partial charge in [0.2, 0.25) is 0 Å². The molecule has 0 rings (SSSR count). The van der Waals surface area contributed by atoms with Gasteiger partial charge in [0.25, 0.3) is 0 Å². The van der Waals surface area contributed by atoms with Crippen LogP contribution in [0.25, 0.3) is 0 Å². The normalized spacial score (nSPS) is 10.9. The van der Waals surface area contributed by atoms with Crippen molar-refractivity contribution in [1.29, 1.82) is 0 Å². The maximum Gasteiger partial charge on any atom is 0.408 e. The molecule has 1 N–H and O–H groups in total. The van der Waals surface area contributed by atoms with Crippen molar-refractivity contribution in [2.24, 2.45) is 0 Å². The average Bonchev–Trinajstić information content (AvgIpc) is 2.40. The average molecular weight is 267 g/mol. The molecule has 0 aliphatic heterocycles. The van der Waals surface area contributed by atoms with Crippen molar-refractivity contribution in [2.75, 3.05) is 13.2 Å². The summed E-state index contributed by atoms with van der Waals surface area (Å²) < 4.78 is 9.70. The Hall–Kier alpha value is -1.96. The zero-order valence-corrected chi connectivity index (χ0v) is 11.3. The Balaban J connectivity index is 4.14. The number of unbranched alkanes of at least 4 members (excludes halogenated alkanes) is 2. The molecular weight excluding hydrogens is 246 g/mol. The summed E-state index contributed by atoms with van der Waals surface area (Å²) in [5, 5.41) is 2.39. The van der Waals surface area contributed by atoms with Gasteiger partial charge in [-0.3, -0.25) is 0 Å². The summed E-state index contributed by atoms with van der Waals surface area (Å²) >= 11 is 0. The Kier molecular flexibility index (Phi) is 10.00. The Morgan fingerprint density at radius 3 is 2.74 bits per heavy atom. The zero-order valence-electron chi connectivity index (χ0n) is 11.3. The number of rotatable bonds is 9. The smallest absolute Gasteiger partial charge is 0.408 e. The number of amides is 1. The lowest BCUT2D eigenvalue weighted by Gasteiger charge is -2.15. The molecular formula is C14H21NO4. The highest BCUT2D eigenvalue weighted by Crippen LogP contribution is 2.00. The van der Waals surface area contributed by atoms with Gasteiger partial charge in [-0.2, -0.15) is 0 Å². The number of alkyl carbamates (subject to hydrolysis) is 1. The van der Waals surface area contributed by atoms with E-state index in [1.54, 1.807) is 0 Å². The van der Waals surface area contributed by atoms with Gasteiger partial charge in [0.05, 0.1) is 6.61 Å². The van der Waals surface area contributed by atoms with Crippen molar-refractivity contribution in [3.63, 3.8) is 0 Å². The molecule has 0 aromatic rings. The van der Waals surface area contributed by atoms with E-state index in [-0.39, 0.29) is 13.0 Å². The molecule has 5 heteroatoms. The second-order valence-corrected chi connectivity index (χ2v) is 3.88. The molecule has 0 bridgehead atoms. The summed E-state index contributed by atoms with van der Waals surface area (Å²) in [6.07, 6.45) is 8.87. The van der Waals surface area contributed by atoms with Crippen LogP contribution in [-0.4, -0.2) is 31.3 Å². The first-order valence-electron chi connectivity index (χ1n) is 6.30. The van der Waals surface area contributed by atoms with Crippen molar-refractivity contribution >= 4 is 12.1 Å². The number of esters is 1. The first-order valence-corrected chi connectivity index (χ1v) is 6.30. The van der Waals surface area contributed by atoms with Gasteiger partial charge in [0.1, 0.15) is 6.04 Å². The van der Waals surface area contributed by atoms with E-state index < -0.39 is 18.1 Å². The summed E-state index contributed by atoms with van der Waals surface area (Å²) in [7, 11) is 0. The minimum absolute atomic E-state index is 0.141. The van der Waals surface area contributed by atoms with Crippen LogP contribution in [0, 0.1) is 12.3 Å². The number of hydrogen-bond acceptors (Lipinski definition) is 4. The minimum atomic E-state index is -0.788. The highest BCUT2D eigenvalue weighted by Gasteiger charge is 2.21. The largest absolute Gasteiger partial charge is 0.464 e. The van der Waals surface area contributed by atoms with Crippen LogP contribution in [0.1, 0.15) is 32.6 Å². The monoisotopic (exact) mass is 267 g/mol. The number of ether oxygens (including phenoxy) is 2. The van der Waals surface area contributed by atoms with Gasteiger partial charge in [-0.25, -0.2) is 9.59 Å². The van der Waals surface area contributed by atoms with Crippen LogP contribution in [-0.2, 0) is 14.3 Å². The van der Waals surface area contributed by atoms with E-state index in [4.69, 9.17) is 11.2 Å². The molecule has 0 aromatic carbocycles.